The minimum Gasteiger partial charge on any atom is -0.396 e. The molecule has 0 atom stereocenters. The third-order valence-corrected chi connectivity index (χ3v) is 3.90. The predicted molar refractivity (Wildman–Crippen MR) is 81.8 cm³/mol. The summed E-state index contributed by atoms with van der Waals surface area (Å²) in [5, 5.41) is 4.22. The first-order valence-corrected chi connectivity index (χ1v) is 7.31. The molecule has 112 valence electrons. The molecule has 7 nitrogen and oxygen atoms in total. The van der Waals surface area contributed by atoms with E-state index in [0.717, 1.165) is 56.5 Å². The van der Waals surface area contributed by atoms with E-state index >= 15 is 0 Å². The van der Waals surface area contributed by atoms with Gasteiger partial charge in [-0.2, -0.15) is 5.10 Å². The Bertz CT molecular complexity index is 587. The van der Waals surface area contributed by atoms with E-state index in [0.29, 0.717) is 0 Å². The van der Waals surface area contributed by atoms with Gasteiger partial charge >= 0.3 is 0 Å². The number of aromatic nitrogens is 4. The van der Waals surface area contributed by atoms with Crippen LogP contribution in [-0.2, 0) is 13.1 Å². The van der Waals surface area contributed by atoms with Gasteiger partial charge < -0.3 is 10.6 Å². The Hall–Kier alpha value is -2.15. The maximum atomic E-state index is 5.99. The predicted octanol–water partition coefficient (Wildman–Crippen LogP) is 0.597. The van der Waals surface area contributed by atoms with Crippen LogP contribution < -0.4 is 10.6 Å². The minimum absolute atomic E-state index is 0.747. The minimum atomic E-state index is 0.747. The second-order valence-electron chi connectivity index (χ2n) is 5.19. The number of piperazine rings is 1. The van der Waals surface area contributed by atoms with Crippen LogP contribution in [-0.4, -0.2) is 50.8 Å². The lowest BCUT2D eigenvalue weighted by Gasteiger charge is -2.36. The molecule has 1 fully saturated rings. The number of nitrogens with two attached hydrogens (primary N) is 1. The van der Waals surface area contributed by atoms with Gasteiger partial charge in [-0.3, -0.25) is 9.88 Å². The molecule has 0 radical (unpaired) electrons. The monoisotopic (exact) mass is 287 g/mol. The fraction of sp³-hybridized carbons (Fsp3) is 0.500. The van der Waals surface area contributed by atoms with Crippen molar-refractivity contribution in [2.45, 2.75) is 20.0 Å². The number of pyridine rings is 1. The Balaban J connectivity index is 1.59. The Kier molecular flexibility index (Phi) is 4.01. The first-order chi connectivity index (χ1) is 10.3. The Morgan fingerprint density at radius 2 is 2.05 bits per heavy atom. The zero-order chi connectivity index (χ0) is 14.7. The second kappa shape index (κ2) is 6.09. The second-order valence-corrected chi connectivity index (χ2v) is 5.19. The van der Waals surface area contributed by atoms with E-state index in [-0.39, 0.29) is 0 Å². The molecule has 0 aromatic carbocycles. The Labute approximate surface area is 124 Å². The highest BCUT2D eigenvalue weighted by atomic mass is 15.4. The lowest BCUT2D eigenvalue weighted by molar-refractivity contribution is 0.239. The highest BCUT2D eigenvalue weighted by molar-refractivity contribution is 5.66. The summed E-state index contributed by atoms with van der Waals surface area (Å²) >= 11 is 0. The van der Waals surface area contributed by atoms with E-state index in [1.165, 1.54) is 0 Å². The van der Waals surface area contributed by atoms with Gasteiger partial charge in [-0.05, 0) is 13.0 Å². The smallest absolute Gasteiger partial charge is 0.140 e. The first-order valence-electron chi connectivity index (χ1n) is 7.31. The van der Waals surface area contributed by atoms with Gasteiger partial charge in [0, 0.05) is 38.9 Å². The van der Waals surface area contributed by atoms with Crippen LogP contribution in [0.25, 0.3) is 0 Å². The highest BCUT2D eigenvalue weighted by Gasteiger charge is 2.20. The van der Waals surface area contributed by atoms with Crippen molar-refractivity contribution in [3.05, 3.63) is 30.6 Å². The van der Waals surface area contributed by atoms with Gasteiger partial charge in [0.1, 0.15) is 12.2 Å². The summed E-state index contributed by atoms with van der Waals surface area (Å²) in [5.74, 6) is 1.04. The molecule has 0 amide bonds. The molecule has 2 N–H and O–H groups in total. The summed E-state index contributed by atoms with van der Waals surface area (Å²) in [4.78, 5) is 13.1. The van der Waals surface area contributed by atoms with Gasteiger partial charge in [0.05, 0.1) is 24.1 Å². The van der Waals surface area contributed by atoms with Crippen LogP contribution in [0.1, 0.15) is 12.7 Å². The zero-order valence-electron chi connectivity index (χ0n) is 12.3. The number of rotatable bonds is 4. The van der Waals surface area contributed by atoms with Gasteiger partial charge in [0.25, 0.3) is 0 Å². The van der Waals surface area contributed by atoms with E-state index in [9.17, 15) is 0 Å². The standard InChI is InChI=1S/C14H21N7/c1-2-21-14(17-11-18-21)10-19-5-7-20(8-6-19)13-3-4-16-9-12(13)15/h3-4,9,11H,2,5-8,10,15H2,1H3. The van der Waals surface area contributed by atoms with Crippen molar-refractivity contribution in [3.63, 3.8) is 0 Å². The molecule has 0 spiro atoms. The fourth-order valence-corrected chi connectivity index (χ4v) is 2.71. The molecule has 21 heavy (non-hydrogen) atoms. The number of nitrogen functional groups attached to an aromatic ring is 1. The number of nitrogens with zero attached hydrogens (tertiary/aromatic N) is 6. The summed E-state index contributed by atoms with van der Waals surface area (Å²) in [6.07, 6.45) is 5.14. The maximum absolute atomic E-state index is 5.99. The van der Waals surface area contributed by atoms with Gasteiger partial charge in [0.15, 0.2) is 0 Å². The van der Waals surface area contributed by atoms with E-state index in [2.05, 4.69) is 31.8 Å². The van der Waals surface area contributed by atoms with Gasteiger partial charge in [0.2, 0.25) is 0 Å². The van der Waals surface area contributed by atoms with Crippen LogP contribution in [0.4, 0.5) is 11.4 Å². The van der Waals surface area contributed by atoms with Crippen molar-refractivity contribution < 1.29 is 0 Å². The number of hydrogen-bond donors (Lipinski definition) is 1. The summed E-state index contributed by atoms with van der Waals surface area (Å²) in [6, 6.07) is 1.98. The molecule has 1 saturated heterocycles. The van der Waals surface area contributed by atoms with Crippen LogP contribution in [0.2, 0.25) is 0 Å². The summed E-state index contributed by atoms with van der Waals surface area (Å²) in [7, 11) is 0. The quantitative estimate of drug-likeness (QED) is 0.887. The summed E-state index contributed by atoms with van der Waals surface area (Å²) in [6.45, 7) is 7.73. The highest BCUT2D eigenvalue weighted by Crippen LogP contribution is 2.22. The van der Waals surface area contributed by atoms with Crippen LogP contribution in [0, 0.1) is 0 Å². The Morgan fingerprint density at radius 3 is 2.76 bits per heavy atom. The summed E-state index contributed by atoms with van der Waals surface area (Å²) in [5.41, 5.74) is 7.83. The van der Waals surface area contributed by atoms with Crippen molar-refractivity contribution >= 4 is 11.4 Å². The van der Waals surface area contributed by atoms with Crippen molar-refractivity contribution in [1.82, 2.24) is 24.6 Å². The fourth-order valence-electron chi connectivity index (χ4n) is 2.71. The normalized spacial score (nSPS) is 16.3. The largest absolute Gasteiger partial charge is 0.396 e. The number of aryl methyl sites for hydroxylation is 1. The third-order valence-electron chi connectivity index (χ3n) is 3.90. The first kappa shape index (κ1) is 13.8. The van der Waals surface area contributed by atoms with Gasteiger partial charge in [-0.15, -0.1) is 0 Å². The third kappa shape index (κ3) is 2.97. The number of anilines is 2. The molecule has 7 heteroatoms. The molecule has 2 aromatic heterocycles. The lowest BCUT2D eigenvalue weighted by Crippen LogP contribution is -2.46. The molecule has 3 rings (SSSR count). The van der Waals surface area contributed by atoms with E-state index < -0.39 is 0 Å². The van der Waals surface area contributed by atoms with E-state index in [4.69, 9.17) is 5.73 Å². The van der Waals surface area contributed by atoms with Crippen molar-refractivity contribution in [2.75, 3.05) is 36.8 Å². The number of hydrogen-bond acceptors (Lipinski definition) is 6. The van der Waals surface area contributed by atoms with Gasteiger partial charge in [-0.25, -0.2) is 9.67 Å². The van der Waals surface area contributed by atoms with Crippen LogP contribution in [0.3, 0.4) is 0 Å². The average molecular weight is 287 g/mol. The molecule has 1 aliphatic heterocycles. The van der Waals surface area contributed by atoms with Gasteiger partial charge in [-0.1, -0.05) is 0 Å². The lowest BCUT2D eigenvalue weighted by atomic mass is 10.2. The van der Waals surface area contributed by atoms with Crippen molar-refractivity contribution in [3.8, 4) is 0 Å². The van der Waals surface area contributed by atoms with Crippen LogP contribution in [0.15, 0.2) is 24.8 Å². The van der Waals surface area contributed by atoms with Crippen LogP contribution >= 0.6 is 0 Å². The molecule has 3 heterocycles. The molecular weight excluding hydrogens is 266 g/mol. The molecule has 2 aromatic rings. The zero-order valence-corrected chi connectivity index (χ0v) is 12.3. The van der Waals surface area contributed by atoms with Crippen molar-refractivity contribution in [2.24, 2.45) is 0 Å². The van der Waals surface area contributed by atoms with E-state index in [1.807, 2.05) is 10.7 Å². The average Bonchev–Trinajstić information content (AvgIpc) is 2.96. The molecule has 0 aliphatic carbocycles. The molecule has 0 unspecified atom stereocenters. The topological polar surface area (TPSA) is 76.1 Å². The molecule has 0 bridgehead atoms. The Morgan fingerprint density at radius 1 is 1.24 bits per heavy atom. The molecule has 1 aliphatic rings. The summed E-state index contributed by atoms with van der Waals surface area (Å²) < 4.78 is 1.95. The molecular formula is C14H21N7. The van der Waals surface area contributed by atoms with Crippen molar-refractivity contribution in [1.29, 1.82) is 0 Å². The van der Waals surface area contributed by atoms with E-state index in [1.54, 1.807) is 18.7 Å². The SMILES string of the molecule is CCn1ncnc1CN1CCN(c2ccncc2N)CC1. The van der Waals surface area contributed by atoms with Crippen LogP contribution in [0.5, 0.6) is 0 Å². The maximum Gasteiger partial charge on any atom is 0.140 e. The molecule has 0 saturated carbocycles.